The smallest absolute Gasteiger partial charge is 0.221 e. The van der Waals surface area contributed by atoms with Gasteiger partial charge in [-0.25, -0.2) is 12.7 Å². The van der Waals surface area contributed by atoms with Crippen LogP contribution in [-0.4, -0.2) is 57.5 Å². The van der Waals surface area contributed by atoms with Gasteiger partial charge in [0, 0.05) is 25.1 Å². The second kappa shape index (κ2) is 3.66. The molecule has 5 nitrogen and oxygen atoms in total. The lowest BCUT2D eigenvalue weighted by Crippen LogP contribution is -2.64. The maximum Gasteiger partial charge on any atom is 0.221 e. The molecule has 0 bridgehead atoms. The van der Waals surface area contributed by atoms with Gasteiger partial charge in [-0.15, -0.1) is 0 Å². The van der Waals surface area contributed by atoms with E-state index in [1.165, 1.54) is 0 Å². The fourth-order valence-corrected chi connectivity index (χ4v) is 4.50. The van der Waals surface area contributed by atoms with Crippen LogP contribution in [0.5, 0.6) is 0 Å². The van der Waals surface area contributed by atoms with Gasteiger partial charge in [0.05, 0.1) is 19.8 Å². The standard InChI is InChI=1S/C10H17NO4S/c12-16(13,9-4-15-5-9)11-6-10(7-11)2-1-3-14-8-10/h9H,1-8H2. The van der Waals surface area contributed by atoms with Gasteiger partial charge in [0.1, 0.15) is 5.25 Å². The van der Waals surface area contributed by atoms with Crippen molar-refractivity contribution >= 4 is 10.0 Å². The van der Waals surface area contributed by atoms with E-state index in [1.54, 1.807) is 4.31 Å². The number of rotatable bonds is 2. The molecule has 1 spiro atoms. The van der Waals surface area contributed by atoms with Gasteiger partial charge in [-0.1, -0.05) is 0 Å². The first kappa shape index (κ1) is 11.0. The summed E-state index contributed by atoms with van der Waals surface area (Å²) in [5.74, 6) is 0. The Hall–Kier alpha value is -0.170. The fourth-order valence-electron chi connectivity index (χ4n) is 2.64. The Kier molecular flexibility index (Phi) is 2.51. The molecule has 0 radical (unpaired) electrons. The van der Waals surface area contributed by atoms with E-state index in [1.807, 2.05) is 0 Å². The van der Waals surface area contributed by atoms with Gasteiger partial charge in [0.2, 0.25) is 10.0 Å². The molecule has 3 saturated heterocycles. The Labute approximate surface area is 95.8 Å². The van der Waals surface area contributed by atoms with E-state index in [-0.39, 0.29) is 10.7 Å². The molecule has 0 amide bonds. The summed E-state index contributed by atoms with van der Waals surface area (Å²) in [7, 11) is -3.09. The van der Waals surface area contributed by atoms with Crippen LogP contribution in [0.25, 0.3) is 0 Å². The SMILES string of the molecule is O=S(=O)(C1COC1)N1CC2(CCCOC2)C1. The minimum Gasteiger partial charge on any atom is -0.381 e. The summed E-state index contributed by atoms with van der Waals surface area (Å²) >= 11 is 0. The summed E-state index contributed by atoms with van der Waals surface area (Å²) in [6.07, 6.45) is 2.15. The lowest BCUT2D eigenvalue weighted by molar-refractivity contribution is -0.0720. The molecular formula is C10H17NO4S. The second-order valence-corrected chi connectivity index (χ2v) is 7.34. The molecule has 0 aromatic rings. The number of hydrogen-bond acceptors (Lipinski definition) is 4. The molecule has 6 heteroatoms. The van der Waals surface area contributed by atoms with Crippen LogP contribution in [0.3, 0.4) is 0 Å². The number of ether oxygens (including phenoxy) is 2. The highest BCUT2D eigenvalue weighted by molar-refractivity contribution is 7.89. The van der Waals surface area contributed by atoms with Crippen LogP contribution in [0.15, 0.2) is 0 Å². The molecule has 0 aliphatic carbocycles. The molecule has 3 aliphatic rings. The normalized spacial score (nSPS) is 31.0. The maximum absolute atomic E-state index is 12.0. The van der Waals surface area contributed by atoms with Crippen molar-refractivity contribution in [3.8, 4) is 0 Å². The molecular weight excluding hydrogens is 230 g/mol. The predicted octanol–water partition coefficient (Wildman–Crippen LogP) is -0.173. The highest BCUT2D eigenvalue weighted by Crippen LogP contribution is 2.40. The zero-order chi connectivity index (χ0) is 11.2. The van der Waals surface area contributed by atoms with Gasteiger partial charge >= 0.3 is 0 Å². The molecule has 3 rings (SSSR count). The third-order valence-corrected chi connectivity index (χ3v) is 5.91. The van der Waals surface area contributed by atoms with Gasteiger partial charge < -0.3 is 9.47 Å². The van der Waals surface area contributed by atoms with Crippen LogP contribution in [0.1, 0.15) is 12.8 Å². The van der Waals surface area contributed by atoms with Crippen molar-refractivity contribution in [1.82, 2.24) is 4.31 Å². The van der Waals surface area contributed by atoms with E-state index in [9.17, 15) is 8.42 Å². The summed E-state index contributed by atoms with van der Waals surface area (Å²) in [4.78, 5) is 0. The van der Waals surface area contributed by atoms with Crippen LogP contribution in [0.2, 0.25) is 0 Å². The van der Waals surface area contributed by atoms with Gasteiger partial charge in [-0.2, -0.15) is 0 Å². The third kappa shape index (κ3) is 1.59. The predicted molar refractivity (Wildman–Crippen MR) is 57.6 cm³/mol. The van der Waals surface area contributed by atoms with E-state index in [0.717, 1.165) is 26.1 Å². The fraction of sp³-hybridized carbons (Fsp3) is 1.00. The van der Waals surface area contributed by atoms with Crippen molar-refractivity contribution in [3.63, 3.8) is 0 Å². The molecule has 0 saturated carbocycles. The van der Waals surface area contributed by atoms with E-state index in [4.69, 9.17) is 9.47 Å². The topological polar surface area (TPSA) is 55.8 Å². The molecule has 3 fully saturated rings. The molecule has 0 N–H and O–H groups in total. The number of nitrogens with zero attached hydrogens (tertiary/aromatic N) is 1. The molecule has 3 heterocycles. The Bertz CT molecular complexity index is 362. The monoisotopic (exact) mass is 247 g/mol. The van der Waals surface area contributed by atoms with Crippen LogP contribution in [0.4, 0.5) is 0 Å². The third-order valence-electron chi connectivity index (χ3n) is 3.82. The molecule has 0 atom stereocenters. The summed E-state index contributed by atoms with van der Waals surface area (Å²) in [6, 6.07) is 0. The summed E-state index contributed by atoms with van der Waals surface area (Å²) in [6.45, 7) is 3.56. The Morgan fingerprint density at radius 1 is 1.19 bits per heavy atom. The first-order valence-corrected chi connectivity index (χ1v) is 7.27. The lowest BCUT2D eigenvalue weighted by atomic mass is 9.77. The Morgan fingerprint density at radius 2 is 1.94 bits per heavy atom. The maximum atomic E-state index is 12.0. The molecule has 92 valence electrons. The second-order valence-electron chi connectivity index (χ2n) is 5.13. The highest BCUT2D eigenvalue weighted by Gasteiger charge is 2.51. The number of sulfonamides is 1. The molecule has 0 aromatic carbocycles. The van der Waals surface area contributed by atoms with Crippen LogP contribution >= 0.6 is 0 Å². The van der Waals surface area contributed by atoms with Crippen LogP contribution < -0.4 is 0 Å². The first-order valence-electron chi connectivity index (χ1n) is 5.77. The molecule has 3 aliphatic heterocycles. The van der Waals surface area contributed by atoms with Crippen LogP contribution in [-0.2, 0) is 19.5 Å². The minimum absolute atomic E-state index is 0.121. The summed E-state index contributed by atoms with van der Waals surface area (Å²) in [5.41, 5.74) is 0.121. The molecule has 0 unspecified atom stereocenters. The average molecular weight is 247 g/mol. The largest absolute Gasteiger partial charge is 0.381 e. The van der Waals surface area contributed by atoms with Crippen molar-refractivity contribution < 1.29 is 17.9 Å². The van der Waals surface area contributed by atoms with Gasteiger partial charge in [-0.05, 0) is 12.8 Å². The Balaban J connectivity index is 1.63. The van der Waals surface area contributed by atoms with Crippen molar-refractivity contribution in [1.29, 1.82) is 0 Å². The van der Waals surface area contributed by atoms with E-state index in [2.05, 4.69) is 0 Å². The minimum atomic E-state index is -3.09. The van der Waals surface area contributed by atoms with Crippen molar-refractivity contribution in [2.75, 3.05) is 39.5 Å². The first-order chi connectivity index (χ1) is 7.62. The highest BCUT2D eigenvalue weighted by atomic mass is 32.2. The van der Waals surface area contributed by atoms with Crippen molar-refractivity contribution in [2.45, 2.75) is 18.1 Å². The number of hydrogen-bond donors (Lipinski definition) is 0. The van der Waals surface area contributed by atoms with E-state index >= 15 is 0 Å². The zero-order valence-electron chi connectivity index (χ0n) is 9.22. The molecule has 16 heavy (non-hydrogen) atoms. The van der Waals surface area contributed by atoms with E-state index in [0.29, 0.717) is 26.3 Å². The average Bonchev–Trinajstić information content (AvgIpc) is 2.11. The van der Waals surface area contributed by atoms with Gasteiger partial charge in [-0.3, -0.25) is 0 Å². The van der Waals surface area contributed by atoms with Gasteiger partial charge in [0.15, 0.2) is 0 Å². The van der Waals surface area contributed by atoms with Crippen LogP contribution in [0, 0.1) is 5.41 Å². The zero-order valence-corrected chi connectivity index (χ0v) is 10.0. The quantitative estimate of drug-likeness (QED) is 0.679. The van der Waals surface area contributed by atoms with Crippen molar-refractivity contribution in [3.05, 3.63) is 0 Å². The summed E-state index contributed by atoms with van der Waals surface area (Å²) in [5, 5.41) is -0.297. The summed E-state index contributed by atoms with van der Waals surface area (Å²) < 4.78 is 36.0. The molecule has 0 aromatic heterocycles. The van der Waals surface area contributed by atoms with E-state index < -0.39 is 10.0 Å². The van der Waals surface area contributed by atoms with Crippen molar-refractivity contribution in [2.24, 2.45) is 5.41 Å². The van der Waals surface area contributed by atoms with Gasteiger partial charge in [0.25, 0.3) is 0 Å². The lowest BCUT2D eigenvalue weighted by Gasteiger charge is -2.52. The Morgan fingerprint density at radius 3 is 2.44 bits per heavy atom.